The Morgan fingerprint density at radius 2 is 1.57 bits per heavy atom. The average molecular weight is 375 g/mol. The van der Waals surface area contributed by atoms with Crippen LogP contribution >= 0.6 is 0 Å². The summed E-state index contributed by atoms with van der Waals surface area (Å²) in [5.41, 5.74) is 13.0. The number of benzene rings is 1. The summed E-state index contributed by atoms with van der Waals surface area (Å²) in [6.45, 7) is 14.4. The van der Waals surface area contributed by atoms with E-state index < -0.39 is 0 Å². The monoisotopic (exact) mass is 374 g/mol. The molecule has 0 heteroatoms. The Bertz CT molecular complexity index is 865. The van der Waals surface area contributed by atoms with Crippen molar-refractivity contribution in [2.24, 2.45) is 5.41 Å². The fourth-order valence-corrected chi connectivity index (χ4v) is 6.62. The van der Waals surface area contributed by atoms with Crippen LogP contribution in [0, 0.1) is 5.41 Å². The van der Waals surface area contributed by atoms with Gasteiger partial charge in [0.1, 0.15) is 0 Å². The van der Waals surface area contributed by atoms with E-state index in [0.717, 1.165) is 0 Å². The molecule has 1 atom stereocenters. The molecule has 0 aromatic heterocycles. The molecule has 0 saturated carbocycles. The van der Waals surface area contributed by atoms with Gasteiger partial charge in [0.05, 0.1) is 0 Å². The van der Waals surface area contributed by atoms with E-state index in [1.54, 1.807) is 27.8 Å². The first-order valence-corrected chi connectivity index (χ1v) is 11.6. The van der Waals surface area contributed by atoms with Crippen molar-refractivity contribution in [3.05, 3.63) is 62.8 Å². The second-order valence-corrected chi connectivity index (χ2v) is 9.76. The van der Waals surface area contributed by atoms with Gasteiger partial charge in [0.25, 0.3) is 0 Å². The molecule has 1 unspecified atom stereocenters. The lowest BCUT2D eigenvalue weighted by Gasteiger charge is -2.49. The van der Waals surface area contributed by atoms with Crippen molar-refractivity contribution in [3.63, 3.8) is 0 Å². The first-order chi connectivity index (χ1) is 13.4. The Morgan fingerprint density at radius 3 is 2.25 bits per heavy atom. The van der Waals surface area contributed by atoms with Crippen LogP contribution in [0.3, 0.4) is 0 Å². The van der Waals surface area contributed by atoms with E-state index in [-0.39, 0.29) is 10.8 Å². The molecule has 0 aliphatic heterocycles. The molecule has 3 aliphatic carbocycles. The highest BCUT2D eigenvalue weighted by Crippen LogP contribution is 2.63. The molecule has 1 aromatic carbocycles. The molecule has 0 amide bonds. The fraction of sp³-hybridized carbons (Fsp3) is 0.571. The highest BCUT2D eigenvalue weighted by molar-refractivity contribution is 5.72. The minimum absolute atomic E-state index is 0.100. The Labute approximate surface area is 172 Å². The number of unbranched alkanes of at least 4 members (excludes halogenated alkanes) is 2. The lowest BCUT2D eigenvalue weighted by Crippen LogP contribution is -2.43. The topological polar surface area (TPSA) is 0 Å². The lowest BCUT2D eigenvalue weighted by molar-refractivity contribution is 0.264. The van der Waals surface area contributed by atoms with Gasteiger partial charge in [0.15, 0.2) is 0 Å². The Morgan fingerprint density at radius 1 is 0.893 bits per heavy atom. The van der Waals surface area contributed by atoms with Crippen LogP contribution in [0.15, 0.2) is 40.5 Å². The molecule has 0 bridgehead atoms. The summed E-state index contributed by atoms with van der Waals surface area (Å²) >= 11 is 0. The molecule has 0 saturated heterocycles. The Hall–Kier alpha value is -1.56. The van der Waals surface area contributed by atoms with Crippen LogP contribution in [-0.4, -0.2) is 0 Å². The number of fused-ring (bicyclic) bond motifs is 3. The van der Waals surface area contributed by atoms with Gasteiger partial charge in [0.2, 0.25) is 0 Å². The van der Waals surface area contributed by atoms with Crippen LogP contribution in [0.1, 0.15) is 102 Å². The second-order valence-electron chi connectivity index (χ2n) is 9.76. The van der Waals surface area contributed by atoms with Crippen LogP contribution in [0.2, 0.25) is 0 Å². The highest BCUT2D eigenvalue weighted by Gasteiger charge is 2.55. The predicted molar refractivity (Wildman–Crippen MR) is 123 cm³/mol. The molecule has 4 rings (SSSR count). The molecule has 1 aromatic rings. The van der Waals surface area contributed by atoms with E-state index in [4.69, 9.17) is 0 Å². The van der Waals surface area contributed by atoms with Crippen LogP contribution in [-0.2, 0) is 18.3 Å². The normalized spacial score (nSPS) is 25.5. The van der Waals surface area contributed by atoms with Gasteiger partial charge >= 0.3 is 0 Å². The maximum absolute atomic E-state index is 2.63. The van der Waals surface area contributed by atoms with E-state index in [9.17, 15) is 0 Å². The van der Waals surface area contributed by atoms with Crippen molar-refractivity contribution < 1.29 is 0 Å². The molecule has 0 fully saturated rings. The number of rotatable bonds is 5. The molecular formula is C28H38. The third-order valence-corrected chi connectivity index (χ3v) is 8.81. The Kier molecular flexibility index (Phi) is 4.97. The highest BCUT2D eigenvalue weighted by atomic mass is 14.6. The molecular weight excluding hydrogens is 336 g/mol. The summed E-state index contributed by atoms with van der Waals surface area (Å²) < 4.78 is 0. The van der Waals surface area contributed by atoms with Crippen molar-refractivity contribution in [2.45, 2.75) is 98.3 Å². The largest absolute Gasteiger partial charge is 0.0721 e. The Balaban J connectivity index is 1.97. The van der Waals surface area contributed by atoms with Crippen LogP contribution in [0.25, 0.3) is 6.08 Å². The minimum atomic E-state index is 0.100. The number of aryl methyl sites for hydroxylation is 1. The third-order valence-electron chi connectivity index (χ3n) is 8.81. The molecule has 0 radical (unpaired) electrons. The van der Waals surface area contributed by atoms with E-state index in [2.05, 4.69) is 65.8 Å². The number of hydrogen-bond acceptors (Lipinski definition) is 0. The van der Waals surface area contributed by atoms with E-state index in [1.807, 2.05) is 0 Å². The van der Waals surface area contributed by atoms with Crippen LogP contribution in [0.4, 0.5) is 0 Å². The summed E-state index contributed by atoms with van der Waals surface area (Å²) in [6, 6.07) is 4.85. The van der Waals surface area contributed by atoms with Crippen LogP contribution in [0.5, 0.6) is 0 Å². The van der Waals surface area contributed by atoms with Gasteiger partial charge in [-0.3, -0.25) is 0 Å². The van der Waals surface area contributed by atoms with Gasteiger partial charge in [0, 0.05) is 10.8 Å². The maximum atomic E-state index is 2.63. The van der Waals surface area contributed by atoms with Gasteiger partial charge in [-0.1, -0.05) is 68.5 Å². The molecule has 0 N–H and O–H groups in total. The zero-order chi connectivity index (χ0) is 20.1. The third kappa shape index (κ3) is 2.49. The average Bonchev–Trinajstić information content (AvgIpc) is 3.17. The van der Waals surface area contributed by atoms with E-state index >= 15 is 0 Å². The van der Waals surface area contributed by atoms with Crippen molar-refractivity contribution in [2.75, 3.05) is 0 Å². The molecule has 0 spiro atoms. The summed E-state index contributed by atoms with van der Waals surface area (Å²) in [6.07, 6.45) is 15.6. The second kappa shape index (κ2) is 7.05. The first-order valence-electron chi connectivity index (χ1n) is 11.6. The fourth-order valence-electron chi connectivity index (χ4n) is 6.62. The van der Waals surface area contributed by atoms with Crippen molar-refractivity contribution in [3.8, 4) is 0 Å². The number of hydrogen-bond donors (Lipinski definition) is 0. The summed E-state index contributed by atoms with van der Waals surface area (Å²) in [7, 11) is 0. The molecule has 0 heterocycles. The van der Waals surface area contributed by atoms with Gasteiger partial charge in [-0.2, -0.15) is 0 Å². The van der Waals surface area contributed by atoms with E-state index in [0.29, 0.717) is 0 Å². The predicted octanol–water partition coefficient (Wildman–Crippen LogP) is 8.10. The number of allylic oxidation sites excluding steroid dienone is 5. The molecule has 3 aliphatic rings. The SMILES string of the molecule is CCCCCC1(C2(C)C(C)=C(C)C(C)=C2C)C=Cc2ccc3c(c21)CCCC3. The minimum Gasteiger partial charge on any atom is -0.0721 e. The molecule has 0 nitrogen and oxygen atoms in total. The lowest BCUT2D eigenvalue weighted by atomic mass is 9.54. The van der Waals surface area contributed by atoms with Gasteiger partial charge < -0.3 is 0 Å². The van der Waals surface area contributed by atoms with Crippen molar-refractivity contribution >= 4 is 6.08 Å². The standard InChI is InChI=1S/C28H38/c1-7-8-11-17-28(27(6)21(4)19(2)20(3)22(27)5)18-16-24-15-14-23-12-9-10-13-25(23)26(24)28/h14-16,18H,7-13,17H2,1-6H3. The maximum Gasteiger partial charge on any atom is 0.0272 e. The van der Waals surface area contributed by atoms with Crippen LogP contribution < -0.4 is 0 Å². The molecule has 150 valence electrons. The van der Waals surface area contributed by atoms with Gasteiger partial charge in [-0.05, 0) is 93.2 Å². The zero-order valence-electron chi connectivity index (χ0n) is 19.0. The quantitative estimate of drug-likeness (QED) is 0.457. The van der Waals surface area contributed by atoms with Gasteiger partial charge in [-0.25, -0.2) is 0 Å². The first kappa shape index (κ1) is 19.7. The summed E-state index contributed by atoms with van der Waals surface area (Å²) in [5.74, 6) is 0. The van der Waals surface area contributed by atoms with Crippen molar-refractivity contribution in [1.29, 1.82) is 0 Å². The molecule has 28 heavy (non-hydrogen) atoms. The zero-order valence-corrected chi connectivity index (χ0v) is 19.0. The summed E-state index contributed by atoms with van der Waals surface area (Å²) in [5, 5.41) is 0. The van der Waals surface area contributed by atoms with Crippen molar-refractivity contribution in [1.82, 2.24) is 0 Å². The smallest absolute Gasteiger partial charge is 0.0272 e. The summed E-state index contributed by atoms with van der Waals surface area (Å²) in [4.78, 5) is 0. The van der Waals surface area contributed by atoms with E-state index in [1.165, 1.54) is 68.1 Å². The van der Waals surface area contributed by atoms with Gasteiger partial charge in [-0.15, -0.1) is 0 Å².